The second kappa shape index (κ2) is 7.85. The van der Waals surface area contributed by atoms with E-state index in [1.807, 2.05) is 42.1 Å². The van der Waals surface area contributed by atoms with Gasteiger partial charge in [-0.2, -0.15) is 11.8 Å². The molecule has 1 unspecified atom stereocenters. The number of thioether (sulfide) groups is 1. The molecule has 2 rings (SSSR count). The van der Waals surface area contributed by atoms with Crippen molar-refractivity contribution in [1.82, 2.24) is 5.32 Å². The summed E-state index contributed by atoms with van der Waals surface area (Å²) in [6.45, 7) is 1.11. The molecule has 1 aliphatic carbocycles. The standard InChI is InChI=1S/C17H26N2OS/c1-21-17(10-6-3-7-11-17)13-19-16(20)15(12-18)14-8-4-2-5-9-14/h2,4-5,8-9,15H,3,6-7,10-13,18H2,1H3,(H,19,20). The molecule has 4 heteroatoms. The first-order valence-electron chi connectivity index (χ1n) is 7.79. The Morgan fingerprint density at radius 1 is 1.29 bits per heavy atom. The van der Waals surface area contributed by atoms with Crippen molar-refractivity contribution in [1.29, 1.82) is 0 Å². The summed E-state index contributed by atoms with van der Waals surface area (Å²) in [5.74, 6) is -0.184. The highest BCUT2D eigenvalue weighted by atomic mass is 32.2. The molecule has 0 radical (unpaired) electrons. The average Bonchev–Trinajstić information content (AvgIpc) is 2.55. The van der Waals surface area contributed by atoms with Crippen molar-refractivity contribution < 1.29 is 4.79 Å². The zero-order valence-electron chi connectivity index (χ0n) is 12.8. The molecule has 0 bridgehead atoms. The van der Waals surface area contributed by atoms with Crippen molar-refractivity contribution in [3.63, 3.8) is 0 Å². The predicted molar refractivity (Wildman–Crippen MR) is 90.6 cm³/mol. The zero-order valence-corrected chi connectivity index (χ0v) is 13.6. The Morgan fingerprint density at radius 3 is 2.52 bits per heavy atom. The molecule has 0 spiro atoms. The summed E-state index contributed by atoms with van der Waals surface area (Å²) in [4.78, 5) is 12.5. The number of hydrogen-bond acceptors (Lipinski definition) is 3. The van der Waals surface area contributed by atoms with Crippen molar-refractivity contribution in [2.75, 3.05) is 19.3 Å². The Morgan fingerprint density at radius 2 is 1.95 bits per heavy atom. The SMILES string of the molecule is CSC1(CNC(=O)C(CN)c2ccccc2)CCCCC1. The lowest BCUT2D eigenvalue weighted by Crippen LogP contribution is -2.44. The van der Waals surface area contributed by atoms with E-state index in [0.717, 1.165) is 12.1 Å². The second-order valence-corrected chi connectivity index (χ2v) is 7.14. The van der Waals surface area contributed by atoms with Crippen LogP contribution in [0.25, 0.3) is 0 Å². The number of hydrogen-bond donors (Lipinski definition) is 2. The summed E-state index contributed by atoms with van der Waals surface area (Å²) in [5, 5.41) is 3.15. The largest absolute Gasteiger partial charge is 0.354 e. The Balaban J connectivity index is 1.96. The molecule has 1 fully saturated rings. The van der Waals surface area contributed by atoms with E-state index in [1.165, 1.54) is 32.1 Å². The van der Waals surface area contributed by atoms with Crippen LogP contribution in [0.1, 0.15) is 43.6 Å². The summed E-state index contributed by atoms with van der Waals surface area (Å²) in [7, 11) is 0. The van der Waals surface area contributed by atoms with Crippen LogP contribution >= 0.6 is 11.8 Å². The van der Waals surface area contributed by atoms with Gasteiger partial charge in [-0.3, -0.25) is 4.79 Å². The van der Waals surface area contributed by atoms with Crippen LogP contribution in [0.4, 0.5) is 0 Å². The molecule has 1 amide bonds. The summed E-state index contributed by atoms with van der Waals surface area (Å²) in [6, 6.07) is 9.81. The van der Waals surface area contributed by atoms with Crippen molar-refractivity contribution in [3.8, 4) is 0 Å². The topological polar surface area (TPSA) is 55.1 Å². The lowest BCUT2D eigenvalue weighted by atomic mass is 9.88. The molecular weight excluding hydrogens is 280 g/mol. The molecule has 0 saturated heterocycles. The van der Waals surface area contributed by atoms with E-state index in [4.69, 9.17) is 5.73 Å². The van der Waals surface area contributed by atoms with Crippen molar-refractivity contribution >= 4 is 17.7 Å². The Bertz CT molecular complexity index is 443. The van der Waals surface area contributed by atoms with E-state index in [1.54, 1.807) is 0 Å². The maximum Gasteiger partial charge on any atom is 0.228 e. The summed E-state index contributed by atoms with van der Waals surface area (Å²) < 4.78 is 0.226. The van der Waals surface area contributed by atoms with Gasteiger partial charge in [0.15, 0.2) is 0 Å². The fourth-order valence-corrected chi connectivity index (χ4v) is 4.01. The van der Waals surface area contributed by atoms with Gasteiger partial charge in [-0.15, -0.1) is 0 Å². The minimum absolute atomic E-state index is 0.0581. The molecule has 3 nitrogen and oxygen atoms in total. The van der Waals surface area contributed by atoms with Gasteiger partial charge >= 0.3 is 0 Å². The van der Waals surface area contributed by atoms with E-state index >= 15 is 0 Å². The summed E-state index contributed by atoms with van der Waals surface area (Å²) in [6.07, 6.45) is 8.44. The van der Waals surface area contributed by atoms with Crippen LogP contribution in [0.5, 0.6) is 0 Å². The summed E-state index contributed by atoms with van der Waals surface area (Å²) >= 11 is 1.90. The third-order valence-corrected chi connectivity index (χ3v) is 5.96. The van der Waals surface area contributed by atoms with Gasteiger partial charge in [0.2, 0.25) is 5.91 Å². The van der Waals surface area contributed by atoms with Crippen LogP contribution in [0, 0.1) is 0 Å². The molecule has 1 aromatic rings. The number of nitrogens with two attached hydrogens (primary N) is 1. The molecule has 3 N–H and O–H groups in total. The monoisotopic (exact) mass is 306 g/mol. The van der Waals surface area contributed by atoms with Crippen molar-refractivity contribution in [3.05, 3.63) is 35.9 Å². The van der Waals surface area contributed by atoms with Gasteiger partial charge in [0.1, 0.15) is 0 Å². The lowest BCUT2D eigenvalue weighted by Gasteiger charge is -2.36. The van der Waals surface area contributed by atoms with E-state index < -0.39 is 0 Å². The fourth-order valence-electron chi connectivity index (χ4n) is 3.10. The number of carbonyl (C=O) groups is 1. The molecule has 1 aliphatic rings. The Kier molecular flexibility index (Phi) is 6.12. The number of rotatable bonds is 6. The Hall–Kier alpha value is -1.00. The van der Waals surface area contributed by atoms with Gasteiger partial charge in [0.25, 0.3) is 0 Å². The highest BCUT2D eigenvalue weighted by Crippen LogP contribution is 2.38. The van der Waals surface area contributed by atoms with Gasteiger partial charge in [-0.05, 0) is 24.7 Å². The van der Waals surface area contributed by atoms with Crippen LogP contribution < -0.4 is 11.1 Å². The van der Waals surface area contributed by atoms with E-state index in [0.29, 0.717) is 6.54 Å². The molecule has 1 aromatic carbocycles. The molecule has 0 heterocycles. The van der Waals surface area contributed by atoms with Gasteiger partial charge in [0.05, 0.1) is 5.92 Å². The van der Waals surface area contributed by atoms with Crippen LogP contribution in [0.3, 0.4) is 0 Å². The van der Waals surface area contributed by atoms with Gasteiger partial charge < -0.3 is 11.1 Å². The van der Waals surface area contributed by atoms with Gasteiger partial charge in [-0.1, -0.05) is 49.6 Å². The Labute approximate surface area is 132 Å². The molecule has 0 aromatic heterocycles. The van der Waals surface area contributed by atoms with E-state index in [9.17, 15) is 4.79 Å². The minimum Gasteiger partial charge on any atom is -0.354 e. The highest BCUT2D eigenvalue weighted by molar-refractivity contribution is 8.00. The summed E-state index contributed by atoms with van der Waals surface area (Å²) in [5.41, 5.74) is 6.81. The first-order chi connectivity index (χ1) is 10.2. The fraction of sp³-hybridized carbons (Fsp3) is 0.588. The number of carbonyl (C=O) groups excluding carboxylic acids is 1. The smallest absolute Gasteiger partial charge is 0.228 e. The number of benzene rings is 1. The molecule has 21 heavy (non-hydrogen) atoms. The maximum atomic E-state index is 12.5. The van der Waals surface area contributed by atoms with Gasteiger partial charge in [-0.25, -0.2) is 0 Å². The number of nitrogens with one attached hydrogen (secondary N) is 1. The first kappa shape index (κ1) is 16.4. The predicted octanol–water partition coefficient (Wildman–Crippen LogP) is 2.91. The van der Waals surface area contributed by atoms with Crippen molar-refractivity contribution in [2.24, 2.45) is 5.73 Å². The quantitative estimate of drug-likeness (QED) is 0.849. The van der Waals surface area contributed by atoms with Gasteiger partial charge in [0, 0.05) is 17.8 Å². The zero-order chi connectivity index (χ0) is 15.1. The highest BCUT2D eigenvalue weighted by Gasteiger charge is 2.32. The maximum absolute atomic E-state index is 12.5. The van der Waals surface area contributed by atoms with Crippen LogP contribution in [-0.4, -0.2) is 30.0 Å². The normalized spacial score (nSPS) is 19.0. The van der Waals surface area contributed by atoms with Crippen molar-refractivity contribution in [2.45, 2.75) is 42.8 Å². The lowest BCUT2D eigenvalue weighted by molar-refractivity contribution is -0.122. The van der Waals surface area contributed by atoms with E-state index in [-0.39, 0.29) is 16.6 Å². The van der Waals surface area contributed by atoms with Crippen LogP contribution in [0.2, 0.25) is 0 Å². The molecule has 1 atom stereocenters. The first-order valence-corrected chi connectivity index (χ1v) is 9.01. The molecule has 116 valence electrons. The van der Waals surface area contributed by atoms with Crippen LogP contribution in [0.15, 0.2) is 30.3 Å². The third-order valence-electron chi connectivity index (χ3n) is 4.54. The van der Waals surface area contributed by atoms with E-state index in [2.05, 4.69) is 11.6 Å². The average molecular weight is 306 g/mol. The second-order valence-electron chi connectivity index (χ2n) is 5.86. The molecule has 0 aliphatic heterocycles. The molecular formula is C17H26N2OS. The molecule has 1 saturated carbocycles. The third kappa shape index (κ3) is 4.24. The minimum atomic E-state index is -0.242. The number of amides is 1. The van der Waals surface area contributed by atoms with Crippen LogP contribution in [-0.2, 0) is 4.79 Å².